The average Bonchev–Trinajstić information content (AvgIpc) is 2.65. The van der Waals surface area contributed by atoms with Gasteiger partial charge < -0.3 is 5.11 Å². The lowest BCUT2D eigenvalue weighted by atomic mass is 10.3. The molecule has 0 aliphatic heterocycles. The van der Waals surface area contributed by atoms with Gasteiger partial charge in [-0.3, -0.25) is 10.3 Å². The van der Waals surface area contributed by atoms with Gasteiger partial charge in [0.25, 0.3) is 0 Å². The molecule has 0 radical (unpaired) electrons. The minimum Gasteiger partial charge on any atom is -0.465 e. The van der Waals surface area contributed by atoms with E-state index >= 15 is 0 Å². The summed E-state index contributed by atoms with van der Waals surface area (Å²) in [5.74, 6) is 0. The minimum absolute atomic E-state index is 0.353. The highest BCUT2D eigenvalue weighted by Crippen LogP contribution is 2.23. The normalized spacial score (nSPS) is 10.1. The Bertz CT molecular complexity index is 524. The van der Waals surface area contributed by atoms with Crippen LogP contribution in [0, 0.1) is 6.92 Å². The maximum Gasteiger partial charge on any atom is 0.410 e. The number of amides is 1. The van der Waals surface area contributed by atoms with Crippen molar-refractivity contribution < 1.29 is 9.90 Å². The van der Waals surface area contributed by atoms with Gasteiger partial charge in [0.15, 0.2) is 5.13 Å². The number of anilines is 1. The summed E-state index contributed by atoms with van der Waals surface area (Å²) in [5.41, 5.74) is 2.32. The van der Waals surface area contributed by atoms with E-state index in [0.29, 0.717) is 10.8 Å². The Balaban J connectivity index is 2.28. The summed E-state index contributed by atoms with van der Waals surface area (Å²) in [4.78, 5) is 18.8. The van der Waals surface area contributed by atoms with Gasteiger partial charge in [0, 0.05) is 11.1 Å². The first kappa shape index (κ1) is 10.6. The van der Waals surface area contributed by atoms with Gasteiger partial charge in [-0.15, -0.1) is 11.3 Å². The summed E-state index contributed by atoms with van der Waals surface area (Å²) >= 11 is 1.24. The van der Waals surface area contributed by atoms with E-state index in [4.69, 9.17) is 5.11 Å². The van der Waals surface area contributed by atoms with Crippen molar-refractivity contribution in [2.75, 3.05) is 5.32 Å². The molecular weight excluding hydrogens is 226 g/mol. The zero-order chi connectivity index (χ0) is 11.5. The molecule has 0 bridgehead atoms. The van der Waals surface area contributed by atoms with Gasteiger partial charge in [-0.05, 0) is 19.1 Å². The number of carboxylic acid groups (broad SMARTS) is 1. The molecule has 5 nitrogen and oxygen atoms in total. The van der Waals surface area contributed by atoms with Crippen LogP contribution in [0.25, 0.3) is 11.4 Å². The lowest BCUT2D eigenvalue weighted by Crippen LogP contribution is -2.06. The van der Waals surface area contributed by atoms with E-state index in [9.17, 15) is 4.79 Å². The molecule has 0 fully saturated rings. The van der Waals surface area contributed by atoms with Crippen LogP contribution in [0.4, 0.5) is 9.93 Å². The second-order valence-corrected chi connectivity index (χ2v) is 3.99. The molecule has 0 aliphatic carbocycles. The number of hydrogen-bond donors (Lipinski definition) is 2. The predicted molar refractivity (Wildman–Crippen MR) is 61.7 cm³/mol. The van der Waals surface area contributed by atoms with Crippen molar-refractivity contribution in [3.05, 3.63) is 29.3 Å². The molecule has 1 amide bonds. The van der Waals surface area contributed by atoms with Crippen molar-refractivity contribution in [2.45, 2.75) is 6.92 Å². The number of aromatic nitrogens is 2. The van der Waals surface area contributed by atoms with Gasteiger partial charge >= 0.3 is 6.09 Å². The molecule has 0 atom stereocenters. The highest BCUT2D eigenvalue weighted by molar-refractivity contribution is 7.14. The summed E-state index contributed by atoms with van der Waals surface area (Å²) in [6, 6.07) is 5.63. The summed E-state index contributed by atoms with van der Waals surface area (Å²) in [6.07, 6.45) is -1.11. The molecule has 82 valence electrons. The standard InChI is InChI=1S/C10H9N3O2S/c1-6-3-2-4-7(11-6)8-5-16-9(12-8)13-10(14)15/h2-5H,1H3,(H,12,13)(H,14,15). The number of nitrogens with one attached hydrogen (secondary N) is 1. The Hall–Kier alpha value is -1.95. The Labute approximate surface area is 95.8 Å². The topological polar surface area (TPSA) is 75.1 Å². The molecule has 2 aromatic rings. The number of rotatable bonds is 2. The summed E-state index contributed by atoms with van der Waals surface area (Å²) in [5, 5.41) is 12.9. The van der Waals surface area contributed by atoms with Crippen LogP contribution in [0.1, 0.15) is 5.69 Å². The van der Waals surface area contributed by atoms with Crippen molar-refractivity contribution in [3.8, 4) is 11.4 Å². The quantitative estimate of drug-likeness (QED) is 0.838. The zero-order valence-electron chi connectivity index (χ0n) is 8.47. The van der Waals surface area contributed by atoms with Gasteiger partial charge in [-0.1, -0.05) is 6.07 Å². The predicted octanol–water partition coefficient (Wildman–Crippen LogP) is 2.60. The molecule has 16 heavy (non-hydrogen) atoms. The third kappa shape index (κ3) is 2.34. The van der Waals surface area contributed by atoms with Gasteiger partial charge in [0.05, 0.1) is 5.69 Å². The van der Waals surface area contributed by atoms with Crippen molar-refractivity contribution in [2.24, 2.45) is 0 Å². The first-order valence-electron chi connectivity index (χ1n) is 4.54. The van der Waals surface area contributed by atoms with Crippen LogP contribution < -0.4 is 5.32 Å². The van der Waals surface area contributed by atoms with E-state index in [1.165, 1.54) is 11.3 Å². The smallest absolute Gasteiger partial charge is 0.410 e. The zero-order valence-corrected chi connectivity index (χ0v) is 9.28. The lowest BCUT2D eigenvalue weighted by molar-refractivity contribution is 0.209. The van der Waals surface area contributed by atoms with Crippen LogP contribution in [0.2, 0.25) is 0 Å². The fraction of sp³-hybridized carbons (Fsp3) is 0.100. The Morgan fingerprint density at radius 2 is 2.19 bits per heavy atom. The third-order valence-corrected chi connectivity index (χ3v) is 2.63. The second-order valence-electron chi connectivity index (χ2n) is 3.13. The van der Waals surface area contributed by atoms with Crippen LogP contribution in [-0.2, 0) is 0 Å². The van der Waals surface area contributed by atoms with Gasteiger partial charge in [0.1, 0.15) is 5.69 Å². The Kier molecular flexibility index (Phi) is 2.82. The number of pyridine rings is 1. The molecule has 2 N–H and O–H groups in total. The number of aryl methyl sites for hydroxylation is 1. The molecule has 2 rings (SSSR count). The minimum atomic E-state index is -1.11. The van der Waals surface area contributed by atoms with E-state index in [1.54, 1.807) is 5.38 Å². The number of nitrogens with zero attached hydrogens (tertiary/aromatic N) is 2. The number of hydrogen-bond acceptors (Lipinski definition) is 4. The molecule has 2 aromatic heterocycles. The highest BCUT2D eigenvalue weighted by atomic mass is 32.1. The molecule has 0 aliphatic rings. The maximum absolute atomic E-state index is 10.4. The Morgan fingerprint density at radius 1 is 1.38 bits per heavy atom. The van der Waals surface area contributed by atoms with E-state index in [2.05, 4.69) is 15.3 Å². The molecule has 0 aromatic carbocycles. The lowest BCUT2D eigenvalue weighted by Gasteiger charge is -1.97. The molecule has 0 saturated heterocycles. The van der Waals surface area contributed by atoms with Crippen LogP contribution in [0.3, 0.4) is 0 Å². The van der Waals surface area contributed by atoms with E-state index in [1.807, 2.05) is 25.1 Å². The van der Waals surface area contributed by atoms with Crippen molar-refractivity contribution >= 4 is 22.6 Å². The van der Waals surface area contributed by atoms with E-state index < -0.39 is 6.09 Å². The third-order valence-electron chi connectivity index (χ3n) is 1.87. The molecule has 0 spiro atoms. The monoisotopic (exact) mass is 235 g/mol. The number of carbonyl (C=O) groups is 1. The number of thiazole rings is 1. The Morgan fingerprint density at radius 3 is 2.88 bits per heavy atom. The van der Waals surface area contributed by atoms with Gasteiger partial charge in [0.2, 0.25) is 0 Å². The molecule has 0 unspecified atom stereocenters. The largest absolute Gasteiger partial charge is 0.465 e. The molecule has 0 saturated carbocycles. The van der Waals surface area contributed by atoms with E-state index in [0.717, 1.165) is 11.4 Å². The van der Waals surface area contributed by atoms with Crippen molar-refractivity contribution in [3.63, 3.8) is 0 Å². The second kappa shape index (κ2) is 4.28. The summed E-state index contributed by atoms with van der Waals surface area (Å²) in [6.45, 7) is 1.90. The maximum atomic E-state index is 10.4. The van der Waals surface area contributed by atoms with Crippen LogP contribution in [-0.4, -0.2) is 21.2 Å². The fourth-order valence-electron chi connectivity index (χ4n) is 1.23. The SMILES string of the molecule is Cc1cccc(-c2csc(NC(=O)O)n2)n1. The highest BCUT2D eigenvalue weighted by Gasteiger charge is 2.07. The van der Waals surface area contributed by atoms with Crippen molar-refractivity contribution in [1.82, 2.24) is 9.97 Å². The average molecular weight is 235 g/mol. The molecule has 2 heterocycles. The van der Waals surface area contributed by atoms with Crippen LogP contribution in [0.5, 0.6) is 0 Å². The fourth-order valence-corrected chi connectivity index (χ4v) is 1.92. The van der Waals surface area contributed by atoms with E-state index in [-0.39, 0.29) is 0 Å². The van der Waals surface area contributed by atoms with Crippen LogP contribution >= 0.6 is 11.3 Å². The molecule has 6 heteroatoms. The first-order valence-corrected chi connectivity index (χ1v) is 5.42. The summed E-state index contributed by atoms with van der Waals surface area (Å²) in [7, 11) is 0. The van der Waals surface area contributed by atoms with Crippen molar-refractivity contribution in [1.29, 1.82) is 0 Å². The van der Waals surface area contributed by atoms with Gasteiger partial charge in [-0.25, -0.2) is 9.78 Å². The molecular formula is C10H9N3O2S. The van der Waals surface area contributed by atoms with Crippen LogP contribution in [0.15, 0.2) is 23.6 Å². The summed E-state index contributed by atoms with van der Waals surface area (Å²) < 4.78 is 0. The van der Waals surface area contributed by atoms with Gasteiger partial charge in [-0.2, -0.15) is 0 Å². The first-order chi connectivity index (χ1) is 7.65.